The highest BCUT2D eigenvalue weighted by molar-refractivity contribution is 6.14. The number of H-pyrrole nitrogens is 1. The highest BCUT2D eigenvalue weighted by atomic mass is 15.0. The zero-order chi connectivity index (χ0) is 36.0. The van der Waals surface area contributed by atoms with Crippen LogP contribution in [0, 0.1) is 0 Å². The molecule has 12 aromatic rings. The fourth-order valence-electron chi connectivity index (χ4n) is 9.09. The van der Waals surface area contributed by atoms with Crippen LogP contribution in [0.2, 0.25) is 0 Å². The van der Waals surface area contributed by atoms with Crippen LogP contribution in [0.25, 0.3) is 110 Å². The molecule has 0 unspecified atom stereocenters. The molecule has 3 nitrogen and oxygen atoms in total. The number of aromatic nitrogens is 3. The maximum Gasteiger partial charge on any atom is 0.0547 e. The van der Waals surface area contributed by atoms with Gasteiger partial charge in [0.05, 0.1) is 27.8 Å². The summed E-state index contributed by atoms with van der Waals surface area (Å²) in [5.74, 6) is 0. The average molecular weight is 700 g/mol. The Labute approximate surface area is 316 Å². The second-order valence-electron chi connectivity index (χ2n) is 14.7. The van der Waals surface area contributed by atoms with Crippen molar-refractivity contribution in [3.05, 3.63) is 194 Å². The van der Waals surface area contributed by atoms with Crippen molar-refractivity contribution in [2.24, 2.45) is 0 Å². The predicted octanol–water partition coefficient (Wildman–Crippen LogP) is 14.0. The lowest BCUT2D eigenvalue weighted by atomic mass is 9.98. The van der Waals surface area contributed by atoms with Crippen LogP contribution in [-0.2, 0) is 0 Å². The fourth-order valence-corrected chi connectivity index (χ4v) is 9.09. The van der Waals surface area contributed by atoms with Crippen LogP contribution in [0.1, 0.15) is 0 Å². The van der Waals surface area contributed by atoms with Gasteiger partial charge in [-0.25, -0.2) is 0 Å². The first kappa shape index (κ1) is 30.1. The molecule has 0 aliphatic carbocycles. The van der Waals surface area contributed by atoms with Gasteiger partial charge in [-0.3, -0.25) is 0 Å². The number of rotatable bonds is 4. The van der Waals surface area contributed by atoms with Crippen molar-refractivity contribution < 1.29 is 0 Å². The third kappa shape index (κ3) is 4.50. The molecule has 9 aromatic carbocycles. The van der Waals surface area contributed by atoms with E-state index in [9.17, 15) is 0 Å². The molecule has 1 N–H and O–H groups in total. The van der Waals surface area contributed by atoms with Gasteiger partial charge in [-0.2, -0.15) is 0 Å². The van der Waals surface area contributed by atoms with E-state index in [-0.39, 0.29) is 0 Å². The van der Waals surface area contributed by atoms with Gasteiger partial charge in [0.25, 0.3) is 0 Å². The summed E-state index contributed by atoms with van der Waals surface area (Å²) in [5.41, 5.74) is 14.3. The molecule has 0 aliphatic heterocycles. The molecular weight excluding hydrogens is 667 g/mol. The molecule has 12 rings (SSSR count). The normalized spacial score (nSPS) is 12.0. The third-order valence-electron chi connectivity index (χ3n) is 11.6. The van der Waals surface area contributed by atoms with E-state index in [1.54, 1.807) is 0 Å². The number of nitrogens with one attached hydrogen (secondary N) is 1. The van der Waals surface area contributed by atoms with Crippen LogP contribution in [-0.4, -0.2) is 14.1 Å². The topological polar surface area (TPSA) is 25.6 Å². The van der Waals surface area contributed by atoms with E-state index in [1.165, 1.54) is 98.8 Å². The standard InChI is InChI=1S/C52H33N3/c1-2-13-38(14-3-1)54-48-20-10-8-18-43(48)45-29-33(24-27-50(45)54)35-23-26-44-42-17-7-11-21-49(42)55(52(44)31-35)51-32-37(28-36-12-4-5-15-39(36)51)34-22-25-41-40-16-6-9-19-46(40)53-47(41)30-34/h1-32,53H. The van der Waals surface area contributed by atoms with E-state index in [0.717, 1.165) is 11.0 Å². The summed E-state index contributed by atoms with van der Waals surface area (Å²) in [6, 6.07) is 71.1. The largest absolute Gasteiger partial charge is 0.354 e. The second kappa shape index (κ2) is 11.6. The average Bonchev–Trinajstić information content (AvgIpc) is 3.90. The van der Waals surface area contributed by atoms with Crippen molar-refractivity contribution in [3.63, 3.8) is 0 Å². The molecule has 256 valence electrons. The van der Waals surface area contributed by atoms with E-state index >= 15 is 0 Å². The van der Waals surface area contributed by atoms with E-state index in [2.05, 4.69) is 208 Å². The molecule has 3 heteroatoms. The van der Waals surface area contributed by atoms with Gasteiger partial charge in [0, 0.05) is 54.4 Å². The first-order valence-corrected chi connectivity index (χ1v) is 18.9. The van der Waals surface area contributed by atoms with Gasteiger partial charge in [-0.1, -0.05) is 127 Å². The SMILES string of the molecule is c1ccc(-n2c3ccccc3c3cc(-c4ccc5c6ccccc6n(-c6cc(-c7ccc8c(c7)[nH]c7ccccc78)cc7ccccc67)c5c4)ccc32)cc1. The number of nitrogens with zero attached hydrogens (tertiary/aromatic N) is 2. The van der Waals surface area contributed by atoms with Crippen molar-refractivity contribution in [3.8, 4) is 33.6 Å². The Morgan fingerprint density at radius 2 is 0.855 bits per heavy atom. The molecule has 0 saturated carbocycles. The molecular formula is C52H33N3. The van der Waals surface area contributed by atoms with Gasteiger partial charge in [0.1, 0.15) is 0 Å². The van der Waals surface area contributed by atoms with Crippen molar-refractivity contribution >= 4 is 76.2 Å². The van der Waals surface area contributed by atoms with Crippen LogP contribution in [0.4, 0.5) is 0 Å². The van der Waals surface area contributed by atoms with E-state index in [1.807, 2.05) is 0 Å². The van der Waals surface area contributed by atoms with Gasteiger partial charge in [-0.15, -0.1) is 0 Å². The number of para-hydroxylation sites is 4. The summed E-state index contributed by atoms with van der Waals surface area (Å²) in [4.78, 5) is 3.66. The molecule has 0 atom stereocenters. The van der Waals surface area contributed by atoms with Crippen LogP contribution < -0.4 is 0 Å². The highest BCUT2D eigenvalue weighted by Crippen LogP contribution is 2.41. The lowest BCUT2D eigenvalue weighted by Crippen LogP contribution is -1.97. The minimum absolute atomic E-state index is 1.15. The summed E-state index contributed by atoms with van der Waals surface area (Å²) in [7, 11) is 0. The minimum Gasteiger partial charge on any atom is -0.354 e. The Morgan fingerprint density at radius 1 is 0.291 bits per heavy atom. The van der Waals surface area contributed by atoms with Gasteiger partial charge >= 0.3 is 0 Å². The molecule has 0 saturated heterocycles. The van der Waals surface area contributed by atoms with E-state index < -0.39 is 0 Å². The number of benzene rings is 9. The van der Waals surface area contributed by atoms with Gasteiger partial charge < -0.3 is 14.1 Å². The number of aromatic amines is 1. The predicted molar refractivity (Wildman–Crippen MR) is 233 cm³/mol. The molecule has 0 amide bonds. The highest BCUT2D eigenvalue weighted by Gasteiger charge is 2.18. The Balaban J connectivity index is 1.08. The monoisotopic (exact) mass is 699 g/mol. The summed E-state index contributed by atoms with van der Waals surface area (Å²) in [6.45, 7) is 0. The number of hydrogen-bond donors (Lipinski definition) is 1. The number of fused-ring (bicyclic) bond motifs is 10. The lowest BCUT2D eigenvalue weighted by Gasteiger charge is -2.15. The van der Waals surface area contributed by atoms with Crippen molar-refractivity contribution in [2.75, 3.05) is 0 Å². The molecule has 0 radical (unpaired) electrons. The smallest absolute Gasteiger partial charge is 0.0547 e. The Kier molecular flexibility index (Phi) is 6.34. The van der Waals surface area contributed by atoms with Crippen molar-refractivity contribution in [2.45, 2.75) is 0 Å². The van der Waals surface area contributed by atoms with Gasteiger partial charge in [0.15, 0.2) is 0 Å². The van der Waals surface area contributed by atoms with Gasteiger partial charge in [0.2, 0.25) is 0 Å². The van der Waals surface area contributed by atoms with E-state index in [4.69, 9.17) is 0 Å². The maximum atomic E-state index is 3.66. The first-order chi connectivity index (χ1) is 27.3. The lowest BCUT2D eigenvalue weighted by molar-refractivity contribution is 1.18. The van der Waals surface area contributed by atoms with Crippen molar-refractivity contribution in [1.29, 1.82) is 0 Å². The van der Waals surface area contributed by atoms with Gasteiger partial charge in [-0.05, 0) is 94.4 Å². The minimum atomic E-state index is 1.15. The van der Waals surface area contributed by atoms with Crippen LogP contribution >= 0.6 is 0 Å². The fraction of sp³-hybridized carbons (Fsp3) is 0. The van der Waals surface area contributed by atoms with Crippen LogP contribution in [0.5, 0.6) is 0 Å². The molecule has 0 fully saturated rings. The Hall–Kier alpha value is -7.36. The Morgan fingerprint density at radius 3 is 1.69 bits per heavy atom. The van der Waals surface area contributed by atoms with Crippen molar-refractivity contribution in [1.82, 2.24) is 14.1 Å². The quantitative estimate of drug-likeness (QED) is 0.189. The second-order valence-corrected chi connectivity index (χ2v) is 14.7. The molecule has 0 spiro atoms. The summed E-state index contributed by atoms with van der Waals surface area (Å²) in [6.07, 6.45) is 0. The third-order valence-corrected chi connectivity index (χ3v) is 11.6. The van der Waals surface area contributed by atoms with E-state index in [0.29, 0.717) is 0 Å². The zero-order valence-electron chi connectivity index (χ0n) is 29.9. The Bertz CT molecular complexity index is 3490. The molecule has 3 heterocycles. The maximum absolute atomic E-state index is 3.66. The summed E-state index contributed by atoms with van der Waals surface area (Å²) in [5, 5.41) is 9.95. The number of hydrogen-bond acceptors (Lipinski definition) is 0. The molecule has 0 aliphatic rings. The molecule has 3 aromatic heterocycles. The first-order valence-electron chi connectivity index (χ1n) is 18.9. The summed E-state index contributed by atoms with van der Waals surface area (Å²) >= 11 is 0. The molecule has 0 bridgehead atoms. The van der Waals surface area contributed by atoms with Crippen LogP contribution in [0.15, 0.2) is 194 Å². The summed E-state index contributed by atoms with van der Waals surface area (Å²) < 4.78 is 4.87. The van der Waals surface area contributed by atoms with Crippen LogP contribution in [0.3, 0.4) is 0 Å². The molecule has 55 heavy (non-hydrogen) atoms. The zero-order valence-corrected chi connectivity index (χ0v) is 29.9.